The fraction of sp³-hybridized carbons (Fsp3) is 0. The van der Waals surface area contributed by atoms with Gasteiger partial charge in [0.05, 0.1) is 34.0 Å². The maximum atomic E-state index is 5.29. The molecule has 12 aromatic rings. The van der Waals surface area contributed by atoms with Crippen LogP contribution in [0.15, 0.2) is 219 Å². The normalized spacial score (nSPS) is 11.7. The molecule has 4 heteroatoms. The molecule has 0 bridgehead atoms. The smallest absolute Gasteiger partial charge is 0.0979 e. The van der Waals surface area contributed by atoms with E-state index in [1.165, 1.54) is 49.1 Å². The van der Waals surface area contributed by atoms with Gasteiger partial charge in [0.2, 0.25) is 0 Å². The fourth-order valence-electron chi connectivity index (χ4n) is 9.13. The van der Waals surface area contributed by atoms with Gasteiger partial charge in [0.25, 0.3) is 0 Å². The zero-order valence-electron chi connectivity index (χ0n) is 32.6. The molecule has 0 aliphatic carbocycles. The lowest BCUT2D eigenvalue weighted by Crippen LogP contribution is -2.09. The molecule has 0 radical (unpaired) electrons. The quantitative estimate of drug-likeness (QED) is 0.158. The second kappa shape index (κ2) is 13.8. The van der Waals surface area contributed by atoms with Crippen molar-refractivity contribution in [1.29, 1.82) is 0 Å². The van der Waals surface area contributed by atoms with E-state index in [1.807, 2.05) is 6.20 Å². The van der Waals surface area contributed by atoms with E-state index in [-0.39, 0.29) is 0 Å². The fourth-order valence-corrected chi connectivity index (χ4v) is 9.13. The van der Waals surface area contributed by atoms with E-state index in [2.05, 4.69) is 222 Å². The summed E-state index contributed by atoms with van der Waals surface area (Å²) in [6.45, 7) is 0. The van der Waals surface area contributed by atoms with Crippen molar-refractivity contribution < 1.29 is 0 Å². The molecule has 0 fully saturated rings. The van der Waals surface area contributed by atoms with Gasteiger partial charge in [-0.1, -0.05) is 140 Å². The summed E-state index contributed by atoms with van der Waals surface area (Å²) in [4.78, 5) is 12.7. The van der Waals surface area contributed by atoms with Crippen molar-refractivity contribution in [2.45, 2.75) is 0 Å². The SMILES string of the molecule is c1ccc(N(c2ccc(-c3ccc4c(c3)c3ccccc3n4-c3ccccc3)cc2)c2ccc3ccc(-c4cnc5c6ccccc6c6ccccc6c5n4)cc3c2)cc1. The lowest BCUT2D eigenvalue weighted by Gasteiger charge is -2.26. The first-order valence-corrected chi connectivity index (χ1v) is 20.4. The summed E-state index contributed by atoms with van der Waals surface area (Å²) in [5.74, 6) is 0. The van der Waals surface area contributed by atoms with Gasteiger partial charge in [-0.15, -0.1) is 0 Å². The Morgan fingerprint density at radius 2 is 0.917 bits per heavy atom. The molecule has 2 heterocycles. The predicted octanol–water partition coefficient (Wildman–Crippen LogP) is 15.0. The van der Waals surface area contributed by atoms with Gasteiger partial charge in [-0.05, 0) is 105 Å². The van der Waals surface area contributed by atoms with Crippen molar-refractivity contribution in [1.82, 2.24) is 14.5 Å². The summed E-state index contributed by atoms with van der Waals surface area (Å²) in [6.07, 6.45) is 1.92. The molecule has 0 aliphatic rings. The van der Waals surface area contributed by atoms with E-state index in [0.717, 1.165) is 61.2 Å². The van der Waals surface area contributed by atoms with Crippen molar-refractivity contribution in [2.75, 3.05) is 4.90 Å². The Morgan fingerprint density at radius 3 is 1.68 bits per heavy atom. The molecule has 4 nitrogen and oxygen atoms in total. The first-order valence-electron chi connectivity index (χ1n) is 20.4. The van der Waals surface area contributed by atoms with Crippen molar-refractivity contribution in [3.63, 3.8) is 0 Å². The van der Waals surface area contributed by atoms with Gasteiger partial charge >= 0.3 is 0 Å². The van der Waals surface area contributed by atoms with Crippen LogP contribution in [-0.2, 0) is 0 Å². The van der Waals surface area contributed by atoms with Crippen LogP contribution in [0.4, 0.5) is 17.1 Å². The predicted molar refractivity (Wildman–Crippen MR) is 252 cm³/mol. The molecule has 0 amide bonds. The Bertz CT molecular complexity index is 3560. The minimum atomic E-state index is 0.855. The Hall–Kier alpha value is -8.08. The molecule has 60 heavy (non-hydrogen) atoms. The maximum Gasteiger partial charge on any atom is 0.0979 e. The van der Waals surface area contributed by atoms with Gasteiger partial charge in [-0.25, -0.2) is 4.98 Å². The second-order valence-corrected chi connectivity index (χ2v) is 15.4. The number of nitrogens with zero attached hydrogens (tertiary/aromatic N) is 4. The third-order valence-corrected chi connectivity index (χ3v) is 12.0. The highest BCUT2D eigenvalue weighted by Crippen LogP contribution is 2.40. The Morgan fingerprint density at radius 1 is 0.350 bits per heavy atom. The molecule has 2 aromatic heterocycles. The van der Waals surface area contributed by atoms with E-state index in [4.69, 9.17) is 9.97 Å². The minimum absolute atomic E-state index is 0.855. The van der Waals surface area contributed by atoms with Gasteiger partial charge in [-0.3, -0.25) is 4.98 Å². The minimum Gasteiger partial charge on any atom is -0.310 e. The highest BCUT2D eigenvalue weighted by molar-refractivity contribution is 6.23. The molecule has 0 aliphatic heterocycles. The van der Waals surface area contributed by atoms with Crippen LogP contribution in [0.25, 0.3) is 93.2 Å². The number of hydrogen-bond donors (Lipinski definition) is 0. The standard InChI is InChI=1S/C56H36N4/c1-3-13-42(14-4-1)59(44-29-25-37(26-30-44)39-28-32-54-51(35-39)48-19-11-12-22-53(48)60(54)43-15-5-2-6-16-43)45-31-27-38-23-24-40(33-41(38)34-45)52-36-57-55-49-20-9-7-17-46(49)47-18-8-10-21-50(47)56(55)58-52/h1-36H. The van der Waals surface area contributed by atoms with Crippen LogP contribution in [-0.4, -0.2) is 14.5 Å². The zero-order chi connectivity index (χ0) is 39.6. The van der Waals surface area contributed by atoms with E-state index in [0.29, 0.717) is 0 Å². The molecule has 0 saturated heterocycles. The van der Waals surface area contributed by atoms with Crippen molar-refractivity contribution in [3.8, 4) is 28.1 Å². The van der Waals surface area contributed by atoms with E-state index >= 15 is 0 Å². The van der Waals surface area contributed by atoms with Gasteiger partial charge < -0.3 is 9.47 Å². The zero-order valence-corrected chi connectivity index (χ0v) is 32.6. The van der Waals surface area contributed by atoms with Crippen LogP contribution in [0.1, 0.15) is 0 Å². The summed E-state index contributed by atoms with van der Waals surface area (Å²) in [7, 11) is 0. The third kappa shape index (κ3) is 5.53. The average molecular weight is 765 g/mol. The number of hydrogen-bond acceptors (Lipinski definition) is 3. The summed E-state index contributed by atoms with van der Waals surface area (Å²) in [5, 5.41) is 9.42. The average Bonchev–Trinajstić information content (AvgIpc) is 3.66. The van der Waals surface area contributed by atoms with Gasteiger partial charge in [0.15, 0.2) is 0 Å². The van der Waals surface area contributed by atoms with Gasteiger partial charge in [-0.2, -0.15) is 0 Å². The Labute approximate surface area is 346 Å². The van der Waals surface area contributed by atoms with Crippen LogP contribution in [0.5, 0.6) is 0 Å². The molecular weight excluding hydrogens is 729 g/mol. The second-order valence-electron chi connectivity index (χ2n) is 15.4. The summed E-state index contributed by atoms with van der Waals surface area (Å²) in [6, 6.07) is 76.0. The number of aromatic nitrogens is 3. The van der Waals surface area contributed by atoms with Crippen LogP contribution in [0, 0.1) is 0 Å². The molecule has 0 spiro atoms. The first kappa shape index (κ1) is 34.0. The van der Waals surface area contributed by atoms with Crippen LogP contribution < -0.4 is 4.90 Å². The van der Waals surface area contributed by atoms with Crippen LogP contribution in [0.3, 0.4) is 0 Å². The maximum absolute atomic E-state index is 5.29. The number of rotatable bonds is 6. The van der Waals surface area contributed by atoms with Crippen molar-refractivity contribution >= 4 is 82.2 Å². The van der Waals surface area contributed by atoms with Crippen LogP contribution >= 0.6 is 0 Å². The molecule has 12 rings (SSSR count). The number of fused-ring (bicyclic) bond motifs is 10. The van der Waals surface area contributed by atoms with Crippen molar-refractivity contribution in [3.05, 3.63) is 219 Å². The topological polar surface area (TPSA) is 34.0 Å². The van der Waals surface area contributed by atoms with E-state index in [9.17, 15) is 0 Å². The third-order valence-electron chi connectivity index (χ3n) is 12.0. The molecular formula is C56H36N4. The highest BCUT2D eigenvalue weighted by atomic mass is 15.1. The Balaban J connectivity index is 0.931. The Kier molecular flexibility index (Phi) is 7.82. The van der Waals surface area contributed by atoms with E-state index in [1.54, 1.807) is 0 Å². The molecule has 0 atom stereocenters. The first-order chi connectivity index (χ1) is 29.7. The summed E-state index contributed by atoms with van der Waals surface area (Å²) in [5.41, 5.74) is 12.9. The lowest BCUT2D eigenvalue weighted by molar-refractivity contribution is 1.18. The number of benzene rings is 10. The summed E-state index contributed by atoms with van der Waals surface area (Å²) < 4.78 is 2.36. The van der Waals surface area contributed by atoms with Gasteiger partial charge in [0, 0.05) is 49.9 Å². The monoisotopic (exact) mass is 764 g/mol. The molecule has 0 N–H and O–H groups in total. The largest absolute Gasteiger partial charge is 0.310 e. The van der Waals surface area contributed by atoms with Gasteiger partial charge in [0.1, 0.15) is 0 Å². The molecule has 0 saturated carbocycles. The van der Waals surface area contributed by atoms with E-state index < -0.39 is 0 Å². The molecule has 0 unspecified atom stereocenters. The highest BCUT2D eigenvalue weighted by Gasteiger charge is 2.17. The van der Waals surface area contributed by atoms with Crippen molar-refractivity contribution in [2.24, 2.45) is 0 Å². The number of anilines is 3. The number of para-hydroxylation sites is 3. The lowest BCUT2D eigenvalue weighted by atomic mass is 9.99. The molecule has 10 aromatic carbocycles. The summed E-state index contributed by atoms with van der Waals surface area (Å²) >= 11 is 0. The van der Waals surface area contributed by atoms with Crippen LogP contribution in [0.2, 0.25) is 0 Å². The molecule has 280 valence electrons.